The highest BCUT2D eigenvalue weighted by Gasteiger charge is 2.17. The van der Waals surface area contributed by atoms with Crippen LogP contribution in [0, 0.1) is 6.92 Å². The van der Waals surface area contributed by atoms with Gasteiger partial charge in [0.2, 0.25) is 0 Å². The van der Waals surface area contributed by atoms with Gasteiger partial charge in [-0.05, 0) is 40.5 Å². The van der Waals surface area contributed by atoms with E-state index < -0.39 is 10.0 Å². The number of aryl methyl sites for hydroxylation is 1. The normalized spacial score (nSPS) is 11.2. The third-order valence-corrected chi connectivity index (χ3v) is 5.09. The highest BCUT2D eigenvalue weighted by Crippen LogP contribution is 2.24. The number of nitrogens with zero attached hydrogens (tertiary/aromatic N) is 2. The van der Waals surface area contributed by atoms with Gasteiger partial charge in [-0.25, -0.2) is 18.4 Å². The van der Waals surface area contributed by atoms with E-state index in [1.54, 1.807) is 13.1 Å². The molecule has 6 nitrogen and oxygen atoms in total. The Morgan fingerprint density at radius 1 is 1.24 bits per heavy atom. The number of halogens is 2. The summed E-state index contributed by atoms with van der Waals surface area (Å²) >= 11 is 9.25. The number of hydrogen-bond acceptors (Lipinski definition) is 5. The third-order valence-electron chi connectivity index (χ3n) is 2.65. The van der Waals surface area contributed by atoms with E-state index in [1.807, 2.05) is 6.92 Å². The Kier molecular flexibility index (Phi) is 4.70. The topological polar surface area (TPSA) is 84.0 Å². The quantitative estimate of drug-likeness (QED) is 0.837. The van der Waals surface area contributed by atoms with Crippen molar-refractivity contribution in [1.82, 2.24) is 9.97 Å². The first-order valence-electron chi connectivity index (χ1n) is 5.82. The molecule has 2 aromatic heterocycles. The van der Waals surface area contributed by atoms with Crippen LogP contribution in [0.1, 0.15) is 5.56 Å². The van der Waals surface area contributed by atoms with Gasteiger partial charge in [0.1, 0.15) is 16.5 Å². The number of pyridine rings is 2. The van der Waals surface area contributed by atoms with Gasteiger partial charge in [-0.2, -0.15) is 0 Å². The maximum absolute atomic E-state index is 12.3. The van der Waals surface area contributed by atoms with Gasteiger partial charge in [0, 0.05) is 23.9 Å². The van der Waals surface area contributed by atoms with Crippen LogP contribution in [0.5, 0.6) is 0 Å². The summed E-state index contributed by atoms with van der Waals surface area (Å²) in [6.07, 6.45) is 2.76. The molecule has 0 radical (unpaired) electrons. The first-order valence-corrected chi connectivity index (χ1v) is 8.47. The summed E-state index contributed by atoms with van der Waals surface area (Å²) < 4.78 is 27.7. The van der Waals surface area contributed by atoms with Crippen molar-refractivity contribution in [3.8, 4) is 0 Å². The predicted octanol–water partition coefficient (Wildman–Crippen LogP) is 3.04. The molecule has 0 fully saturated rings. The number of anilines is 2. The fraction of sp³-hybridized carbons (Fsp3) is 0.167. The summed E-state index contributed by atoms with van der Waals surface area (Å²) in [5.41, 5.74) is 0.865. The van der Waals surface area contributed by atoms with Crippen LogP contribution in [0.15, 0.2) is 33.9 Å². The first kappa shape index (κ1) is 16.0. The summed E-state index contributed by atoms with van der Waals surface area (Å²) in [6.45, 7) is 1.84. The summed E-state index contributed by atoms with van der Waals surface area (Å²) in [4.78, 5) is 7.92. The van der Waals surface area contributed by atoms with Crippen LogP contribution in [-0.4, -0.2) is 25.4 Å². The van der Waals surface area contributed by atoms with Gasteiger partial charge in [-0.3, -0.25) is 4.72 Å². The van der Waals surface area contributed by atoms with Crippen LogP contribution in [0.4, 0.5) is 11.6 Å². The fourth-order valence-electron chi connectivity index (χ4n) is 1.54. The van der Waals surface area contributed by atoms with Crippen molar-refractivity contribution in [2.45, 2.75) is 11.8 Å². The molecule has 0 bridgehead atoms. The maximum atomic E-state index is 12.3. The van der Waals surface area contributed by atoms with E-state index >= 15 is 0 Å². The highest BCUT2D eigenvalue weighted by molar-refractivity contribution is 9.10. The second-order valence-electron chi connectivity index (χ2n) is 4.18. The average molecular weight is 392 g/mol. The summed E-state index contributed by atoms with van der Waals surface area (Å²) in [5, 5.41) is 2.98. The smallest absolute Gasteiger partial charge is 0.264 e. The monoisotopic (exact) mass is 390 g/mol. The van der Waals surface area contributed by atoms with Crippen molar-refractivity contribution >= 4 is 49.2 Å². The van der Waals surface area contributed by atoms with E-state index in [-0.39, 0.29) is 15.7 Å². The Balaban J connectivity index is 2.33. The van der Waals surface area contributed by atoms with Gasteiger partial charge >= 0.3 is 0 Å². The summed E-state index contributed by atoms with van der Waals surface area (Å²) in [6, 6.07) is 2.95. The van der Waals surface area contributed by atoms with Gasteiger partial charge in [0.15, 0.2) is 0 Å². The number of sulfonamides is 1. The zero-order valence-electron chi connectivity index (χ0n) is 11.2. The average Bonchev–Trinajstić information content (AvgIpc) is 2.42. The molecule has 0 saturated carbocycles. The van der Waals surface area contributed by atoms with Gasteiger partial charge in [0.25, 0.3) is 10.0 Å². The minimum atomic E-state index is -3.79. The predicted molar refractivity (Wildman–Crippen MR) is 86.3 cm³/mol. The van der Waals surface area contributed by atoms with E-state index in [0.29, 0.717) is 5.82 Å². The standard InChI is InChI=1S/C12H12BrClN4O2S/c1-7-3-11(16-6-9(7)13)18-21(19,20)8-4-10(14)12(15-2)17-5-8/h3-6H,1-2H3,(H,15,17)(H,16,18). The molecule has 0 aliphatic carbocycles. The van der Waals surface area contributed by atoms with Gasteiger partial charge in [0.05, 0.1) is 5.02 Å². The molecule has 0 aromatic carbocycles. The molecule has 0 saturated heterocycles. The number of nitrogens with one attached hydrogen (secondary N) is 2. The number of rotatable bonds is 4. The minimum absolute atomic E-state index is 0.0335. The number of hydrogen-bond donors (Lipinski definition) is 2. The molecule has 0 unspecified atom stereocenters. The SMILES string of the molecule is CNc1ncc(S(=O)(=O)Nc2cc(C)c(Br)cn2)cc1Cl. The molecule has 112 valence electrons. The summed E-state index contributed by atoms with van der Waals surface area (Å²) in [7, 11) is -2.14. The Hall–Kier alpha value is -1.38. The third kappa shape index (κ3) is 3.63. The second kappa shape index (κ2) is 6.17. The number of aromatic nitrogens is 2. The zero-order chi connectivity index (χ0) is 15.6. The van der Waals surface area contributed by atoms with Crippen LogP contribution in [0.25, 0.3) is 0 Å². The molecule has 0 aliphatic rings. The van der Waals surface area contributed by atoms with Crippen molar-refractivity contribution in [2.75, 3.05) is 17.1 Å². The Bertz CT molecular complexity index is 783. The molecular formula is C12H12BrClN4O2S. The van der Waals surface area contributed by atoms with Crippen molar-refractivity contribution in [1.29, 1.82) is 0 Å². The fourth-order valence-corrected chi connectivity index (χ4v) is 3.05. The van der Waals surface area contributed by atoms with Crippen molar-refractivity contribution < 1.29 is 8.42 Å². The lowest BCUT2D eigenvalue weighted by molar-refractivity contribution is 0.600. The van der Waals surface area contributed by atoms with Gasteiger partial charge in [-0.15, -0.1) is 0 Å². The molecule has 0 spiro atoms. The lowest BCUT2D eigenvalue weighted by Crippen LogP contribution is -2.14. The maximum Gasteiger partial charge on any atom is 0.264 e. The Morgan fingerprint density at radius 3 is 2.52 bits per heavy atom. The Morgan fingerprint density at radius 2 is 1.95 bits per heavy atom. The van der Waals surface area contributed by atoms with Gasteiger partial charge < -0.3 is 5.32 Å². The second-order valence-corrected chi connectivity index (χ2v) is 7.12. The molecule has 2 heterocycles. The van der Waals surface area contributed by atoms with Crippen molar-refractivity contribution in [3.05, 3.63) is 39.6 Å². The lowest BCUT2D eigenvalue weighted by Gasteiger charge is -2.09. The largest absolute Gasteiger partial charge is 0.372 e. The molecule has 2 aromatic rings. The van der Waals surface area contributed by atoms with Crippen LogP contribution >= 0.6 is 27.5 Å². The molecule has 9 heteroatoms. The van der Waals surface area contributed by atoms with Crippen LogP contribution in [-0.2, 0) is 10.0 Å². The van der Waals surface area contributed by atoms with Crippen LogP contribution < -0.4 is 10.0 Å². The van der Waals surface area contributed by atoms with Crippen LogP contribution in [0.2, 0.25) is 5.02 Å². The highest BCUT2D eigenvalue weighted by atomic mass is 79.9. The molecule has 21 heavy (non-hydrogen) atoms. The minimum Gasteiger partial charge on any atom is -0.372 e. The summed E-state index contributed by atoms with van der Waals surface area (Å²) in [5.74, 6) is 0.637. The first-order chi connectivity index (χ1) is 9.83. The molecule has 2 N–H and O–H groups in total. The van der Waals surface area contributed by atoms with E-state index in [1.165, 1.54) is 18.5 Å². The molecule has 0 amide bonds. The van der Waals surface area contributed by atoms with Crippen LogP contribution in [0.3, 0.4) is 0 Å². The van der Waals surface area contributed by atoms with Gasteiger partial charge in [-0.1, -0.05) is 11.6 Å². The van der Waals surface area contributed by atoms with E-state index in [9.17, 15) is 8.42 Å². The van der Waals surface area contributed by atoms with E-state index in [0.717, 1.165) is 10.0 Å². The van der Waals surface area contributed by atoms with E-state index in [2.05, 4.69) is 35.9 Å². The van der Waals surface area contributed by atoms with Crippen molar-refractivity contribution in [3.63, 3.8) is 0 Å². The molecule has 2 rings (SSSR count). The molecule has 0 aliphatic heterocycles. The zero-order valence-corrected chi connectivity index (χ0v) is 14.3. The van der Waals surface area contributed by atoms with Crippen molar-refractivity contribution in [2.24, 2.45) is 0 Å². The molecular weight excluding hydrogens is 380 g/mol. The Labute approximate surface area is 136 Å². The van der Waals surface area contributed by atoms with E-state index in [4.69, 9.17) is 11.6 Å². The lowest BCUT2D eigenvalue weighted by atomic mass is 10.3. The molecule has 0 atom stereocenters.